The third-order valence-corrected chi connectivity index (χ3v) is 11.1. The number of benzene rings is 2. The van der Waals surface area contributed by atoms with Crippen molar-refractivity contribution in [3.05, 3.63) is 60.7 Å². The van der Waals surface area contributed by atoms with Gasteiger partial charge in [0.25, 0.3) is 8.32 Å². The van der Waals surface area contributed by atoms with Crippen molar-refractivity contribution >= 4 is 18.7 Å². The van der Waals surface area contributed by atoms with Crippen LogP contribution in [0.2, 0.25) is 5.04 Å². The summed E-state index contributed by atoms with van der Waals surface area (Å²) in [7, 11) is -2.72. The standard InChI is InChI=1S/C26H38O4Si/c1-7-14-22(24-23(19-27)28-26(5,6)29-24)30-31(25(2,3)4,20-15-10-8-11-16-20)21-17-12-9-13-18-21/h8-13,15-18,22-24,27H,7,14,19H2,1-6H3/t22-,23-,24+/m1/s1. The Morgan fingerprint density at radius 1 is 0.968 bits per heavy atom. The minimum Gasteiger partial charge on any atom is -0.402 e. The lowest BCUT2D eigenvalue weighted by molar-refractivity contribution is -0.156. The highest BCUT2D eigenvalue weighted by atomic mass is 28.4. The molecule has 0 aromatic heterocycles. The molecule has 1 aliphatic heterocycles. The van der Waals surface area contributed by atoms with Gasteiger partial charge in [0.2, 0.25) is 0 Å². The van der Waals surface area contributed by atoms with Gasteiger partial charge in [0, 0.05) is 0 Å². The normalized spacial score (nSPS) is 22.4. The van der Waals surface area contributed by atoms with Gasteiger partial charge in [-0.05, 0) is 35.7 Å². The summed E-state index contributed by atoms with van der Waals surface area (Å²) in [5, 5.41) is 12.4. The molecule has 0 spiro atoms. The fourth-order valence-corrected chi connectivity index (χ4v) is 9.53. The number of ether oxygens (including phenoxy) is 2. The summed E-state index contributed by atoms with van der Waals surface area (Å²) in [6.45, 7) is 12.7. The quantitative estimate of drug-likeness (QED) is 0.621. The molecule has 1 saturated heterocycles. The molecular formula is C26H38O4Si. The number of aliphatic hydroxyl groups excluding tert-OH is 1. The Balaban J connectivity index is 2.14. The maximum Gasteiger partial charge on any atom is 0.261 e. The third-order valence-electron chi connectivity index (χ3n) is 6.09. The zero-order chi connectivity index (χ0) is 22.7. The summed E-state index contributed by atoms with van der Waals surface area (Å²) in [6, 6.07) is 21.3. The summed E-state index contributed by atoms with van der Waals surface area (Å²) in [5.41, 5.74) is 0. The molecule has 3 atom stereocenters. The van der Waals surface area contributed by atoms with Gasteiger partial charge in [0.1, 0.15) is 12.2 Å². The second-order valence-electron chi connectivity index (χ2n) is 9.93. The van der Waals surface area contributed by atoms with E-state index in [4.69, 9.17) is 13.9 Å². The summed E-state index contributed by atoms with van der Waals surface area (Å²) in [4.78, 5) is 0. The molecular weight excluding hydrogens is 404 g/mol. The minimum absolute atomic E-state index is 0.0849. The van der Waals surface area contributed by atoms with Gasteiger partial charge in [-0.2, -0.15) is 0 Å². The van der Waals surface area contributed by atoms with Crippen molar-refractivity contribution in [1.82, 2.24) is 0 Å². The second kappa shape index (κ2) is 9.55. The van der Waals surface area contributed by atoms with Gasteiger partial charge in [-0.25, -0.2) is 0 Å². The van der Waals surface area contributed by atoms with Crippen LogP contribution >= 0.6 is 0 Å². The van der Waals surface area contributed by atoms with Crippen LogP contribution in [0.25, 0.3) is 0 Å². The zero-order valence-corrected chi connectivity index (χ0v) is 20.8. The van der Waals surface area contributed by atoms with Crippen molar-refractivity contribution in [3.63, 3.8) is 0 Å². The molecule has 0 amide bonds. The average Bonchev–Trinajstić information content (AvgIpc) is 3.06. The number of hydrogen-bond donors (Lipinski definition) is 1. The molecule has 2 aromatic rings. The Morgan fingerprint density at radius 2 is 1.48 bits per heavy atom. The molecule has 0 saturated carbocycles. The lowest BCUT2D eigenvalue weighted by Crippen LogP contribution is -2.68. The fraction of sp³-hybridized carbons (Fsp3) is 0.538. The fourth-order valence-electron chi connectivity index (χ4n) is 4.81. The van der Waals surface area contributed by atoms with Crippen LogP contribution in [0.3, 0.4) is 0 Å². The molecule has 2 aromatic carbocycles. The van der Waals surface area contributed by atoms with Gasteiger partial charge in [-0.3, -0.25) is 0 Å². The van der Waals surface area contributed by atoms with Crippen LogP contribution in [-0.4, -0.2) is 44.1 Å². The molecule has 3 rings (SSSR count). The van der Waals surface area contributed by atoms with Gasteiger partial charge in [-0.1, -0.05) is 94.8 Å². The van der Waals surface area contributed by atoms with Crippen LogP contribution in [0, 0.1) is 0 Å². The molecule has 5 heteroatoms. The minimum atomic E-state index is -2.72. The molecule has 1 heterocycles. The Bertz CT molecular complexity index is 777. The molecule has 0 bridgehead atoms. The highest BCUT2D eigenvalue weighted by molar-refractivity contribution is 6.99. The van der Waals surface area contributed by atoms with E-state index in [2.05, 4.69) is 88.4 Å². The van der Waals surface area contributed by atoms with Crippen LogP contribution in [0.1, 0.15) is 54.4 Å². The Labute approximate surface area is 188 Å². The van der Waals surface area contributed by atoms with E-state index in [0.29, 0.717) is 0 Å². The van der Waals surface area contributed by atoms with Crippen molar-refractivity contribution in [2.45, 2.75) is 83.5 Å². The topological polar surface area (TPSA) is 47.9 Å². The van der Waals surface area contributed by atoms with E-state index in [1.165, 1.54) is 10.4 Å². The third kappa shape index (κ3) is 4.96. The molecule has 4 nitrogen and oxygen atoms in total. The van der Waals surface area contributed by atoms with Crippen LogP contribution in [0.15, 0.2) is 60.7 Å². The molecule has 1 fully saturated rings. The molecule has 1 aliphatic rings. The van der Waals surface area contributed by atoms with E-state index >= 15 is 0 Å². The van der Waals surface area contributed by atoms with E-state index in [0.717, 1.165) is 12.8 Å². The van der Waals surface area contributed by atoms with E-state index in [1.54, 1.807) is 0 Å². The van der Waals surface area contributed by atoms with E-state index in [9.17, 15) is 5.11 Å². The summed E-state index contributed by atoms with van der Waals surface area (Å²) in [6.07, 6.45) is 0.897. The maximum absolute atomic E-state index is 10.0. The Kier molecular flexibility index (Phi) is 7.44. The Hall–Kier alpha value is -1.50. The van der Waals surface area contributed by atoms with Gasteiger partial charge >= 0.3 is 0 Å². The number of hydrogen-bond acceptors (Lipinski definition) is 4. The van der Waals surface area contributed by atoms with Crippen molar-refractivity contribution in [2.75, 3.05) is 6.61 Å². The van der Waals surface area contributed by atoms with E-state index in [1.807, 2.05) is 13.8 Å². The predicted molar refractivity (Wildman–Crippen MR) is 128 cm³/mol. The predicted octanol–water partition coefficient (Wildman–Crippen LogP) is 4.24. The van der Waals surface area contributed by atoms with Crippen LogP contribution in [0.5, 0.6) is 0 Å². The second-order valence-corrected chi connectivity index (χ2v) is 14.2. The summed E-state index contributed by atoms with van der Waals surface area (Å²) < 4.78 is 19.7. The first-order valence-electron chi connectivity index (χ1n) is 11.4. The lowest BCUT2D eigenvalue weighted by Gasteiger charge is -2.46. The van der Waals surface area contributed by atoms with Gasteiger partial charge in [0.15, 0.2) is 5.79 Å². The van der Waals surface area contributed by atoms with Crippen molar-refractivity contribution < 1.29 is 19.0 Å². The monoisotopic (exact) mass is 442 g/mol. The first kappa shape index (κ1) is 24.1. The highest BCUT2D eigenvalue weighted by Gasteiger charge is 2.54. The number of rotatable bonds is 8. The van der Waals surface area contributed by atoms with E-state index in [-0.39, 0.29) is 23.9 Å². The van der Waals surface area contributed by atoms with Crippen LogP contribution in [-0.2, 0) is 13.9 Å². The van der Waals surface area contributed by atoms with Gasteiger partial charge in [0.05, 0.1) is 12.7 Å². The zero-order valence-electron chi connectivity index (χ0n) is 19.8. The molecule has 170 valence electrons. The molecule has 31 heavy (non-hydrogen) atoms. The van der Waals surface area contributed by atoms with Gasteiger partial charge < -0.3 is 19.0 Å². The SMILES string of the molecule is CCC[C@@H](O[Si](c1ccccc1)(c1ccccc1)C(C)(C)C)[C@@H]1OC(C)(C)O[C@@H]1CO. The molecule has 0 unspecified atom stereocenters. The number of aliphatic hydroxyl groups is 1. The first-order valence-corrected chi connectivity index (χ1v) is 13.3. The van der Waals surface area contributed by atoms with Crippen molar-refractivity contribution in [1.29, 1.82) is 0 Å². The first-order chi connectivity index (χ1) is 14.6. The van der Waals surface area contributed by atoms with Gasteiger partial charge in [-0.15, -0.1) is 0 Å². The largest absolute Gasteiger partial charge is 0.402 e. The summed E-state index contributed by atoms with van der Waals surface area (Å²) >= 11 is 0. The summed E-state index contributed by atoms with van der Waals surface area (Å²) in [5.74, 6) is -0.737. The average molecular weight is 443 g/mol. The maximum atomic E-state index is 10.0. The molecule has 1 N–H and O–H groups in total. The molecule has 0 radical (unpaired) electrons. The van der Waals surface area contributed by atoms with Crippen molar-refractivity contribution in [3.8, 4) is 0 Å². The molecule has 0 aliphatic carbocycles. The van der Waals surface area contributed by atoms with Crippen LogP contribution < -0.4 is 10.4 Å². The van der Waals surface area contributed by atoms with Crippen LogP contribution in [0.4, 0.5) is 0 Å². The lowest BCUT2D eigenvalue weighted by atomic mass is 10.0. The van der Waals surface area contributed by atoms with Crippen molar-refractivity contribution in [2.24, 2.45) is 0 Å². The van der Waals surface area contributed by atoms with E-state index < -0.39 is 20.2 Å². The highest BCUT2D eigenvalue weighted by Crippen LogP contribution is 2.40. The Morgan fingerprint density at radius 3 is 1.90 bits per heavy atom. The smallest absolute Gasteiger partial charge is 0.261 e.